The van der Waals surface area contributed by atoms with Crippen molar-refractivity contribution in [3.63, 3.8) is 0 Å². The van der Waals surface area contributed by atoms with Crippen molar-refractivity contribution in [2.75, 3.05) is 25.0 Å². The second-order valence-electron chi connectivity index (χ2n) is 7.54. The largest absolute Gasteiger partial charge is 0.444 e. The first-order valence-corrected chi connectivity index (χ1v) is 8.71. The number of aliphatic hydroxyl groups is 1. The Hall–Kier alpha value is -2.35. The van der Waals surface area contributed by atoms with Crippen LogP contribution in [0.2, 0.25) is 0 Å². The summed E-state index contributed by atoms with van der Waals surface area (Å²) in [6.45, 7) is 6.66. The summed E-state index contributed by atoms with van der Waals surface area (Å²) in [5.41, 5.74) is 0.785. The quantitative estimate of drug-likeness (QED) is 0.651. The van der Waals surface area contributed by atoms with Gasteiger partial charge in [-0.15, -0.1) is 0 Å². The van der Waals surface area contributed by atoms with Crippen molar-refractivity contribution >= 4 is 17.5 Å². The molecule has 0 unspecified atom stereocenters. The average Bonchev–Trinajstić information content (AvgIpc) is 2.59. The average molecular weight is 365 g/mol. The molecule has 0 saturated carbocycles. The number of carbonyl (C=O) groups is 1. The molecule has 1 aliphatic rings. The van der Waals surface area contributed by atoms with Crippen LogP contribution in [-0.4, -0.2) is 52.8 Å². The Kier molecular flexibility index (Phi) is 6.07. The van der Waals surface area contributed by atoms with E-state index in [-0.39, 0.29) is 24.4 Å². The van der Waals surface area contributed by atoms with Crippen LogP contribution in [0.15, 0.2) is 18.2 Å². The number of hydrogen-bond donors (Lipinski definition) is 1. The number of nitro groups is 1. The molecule has 1 aromatic rings. The highest BCUT2D eigenvalue weighted by Gasteiger charge is 2.29. The molecule has 0 bridgehead atoms. The van der Waals surface area contributed by atoms with Gasteiger partial charge in [0.1, 0.15) is 5.60 Å². The summed E-state index contributed by atoms with van der Waals surface area (Å²) in [5, 5.41) is 20.5. The smallest absolute Gasteiger partial charge is 0.410 e. The Morgan fingerprint density at radius 3 is 2.50 bits per heavy atom. The third-order valence-corrected chi connectivity index (χ3v) is 4.48. The molecule has 26 heavy (non-hydrogen) atoms. The summed E-state index contributed by atoms with van der Waals surface area (Å²) < 4.78 is 5.41. The van der Waals surface area contributed by atoms with Gasteiger partial charge in [0.05, 0.1) is 11.5 Å². The Morgan fingerprint density at radius 1 is 1.38 bits per heavy atom. The third-order valence-electron chi connectivity index (χ3n) is 4.48. The number of hydrogen-bond acceptors (Lipinski definition) is 6. The maximum atomic E-state index is 12.2. The second kappa shape index (κ2) is 7.90. The summed E-state index contributed by atoms with van der Waals surface area (Å²) in [6, 6.07) is 4.63. The molecule has 0 spiro atoms. The molecule has 1 amide bonds. The highest BCUT2D eigenvalue weighted by atomic mass is 16.6. The number of aliphatic hydroxyl groups excluding tert-OH is 1. The summed E-state index contributed by atoms with van der Waals surface area (Å²) in [4.78, 5) is 26.4. The third kappa shape index (κ3) is 4.85. The van der Waals surface area contributed by atoms with Crippen LogP contribution in [0.5, 0.6) is 0 Å². The van der Waals surface area contributed by atoms with E-state index in [4.69, 9.17) is 4.74 Å². The fraction of sp³-hybridized carbons (Fsp3) is 0.611. The van der Waals surface area contributed by atoms with Crippen LogP contribution in [0.1, 0.15) is 39.2 Å². The fourth-order valence-electron chi connectivity index (χ4n) is 3.10. The van der Waals surface area contributed by atoms with E-state index < -0.39 is 10.5 Å². The molecule has 0 radical (unpaired) electrons. The van der Waals surface area contributed by atoms with Crippen molar-refractivity contribution in [1.29, 1.82) is 0 Å². The molecule has 1 N–H and O–H groups in total. The molecule has 2 rings (SSSR count). The van der Waals surface area contributed by atoms with Gasteiger partial charge < -0.3 is 19.6 Å². The number of piperidine rings is 1. The first-order chi connectivity index (χ1) is 12.1. The van der Waals surface area contributed by atoms with Crippen LogP contribution in [0.4, 0.5) is 16.2 Å². The Labute approximate surface area is 153 Å². The molecule has 1 fully saturated rings. The van der Waals surface area contributed by atoms with Crippen LogP contribution >= 0.6 is 0 Å². The minimum absolute atomic E-state index is 0.0302. The monoisotopic (exact) mass is 365 g/mol. The molecule has 1 aliphatic heterocycles. The molecule has 1 saturated heterocycles. The van der Waals surface area contributed by atoms with Gasteiger partial charge in [-0.05, 0) is 39.7 Å². The van der Waals surface area contributed by atoms with Gasteiger partial charge in [0, 0.05) is 49.6 Å². The maximum absolute atomic E-state index is 12.2. The van der Waals surface area contributed by atoms with E-state index in [2.05, 4.69) is 4.90 Å². The second-order valence-corrected chi connectivity index (χ2v) is 7.54. The van der Waals surface area contributed by atoms with Crippen molar-refractivity contribution in [3.8, 4) is 0 Å². The van der Waals surface area contributed by atoms with Gasteiger partial charge in [0.15, 0.2) is 0 Å². The van der Waals surface area contributed by atoms with Crippen molar-refractivity contribution in [3.05, 3.63) is 33.9 Å². The van der Waals surface area contributed by atoms with Crippen molar-refractivity contribution < 1.29 is 19.6 Å². The molecular formula is C18H27N3O5. The number of rotatable bonds is 4. The van der Waals surface area contributed by atoms with Crippen molar-refractivity contribution in [2.45, 2.75) is 51.9 Å². The number of ether oxygens (including phenoxy) is 1. The van der Waals surface area contributed by atoms with Gasteiger partial charge in [-0.1, -0.05) is 0 Å². The van der Waals surface area contributed by atoms with Crippen LogP contribution in [-0.2, 0) is 11.3 Å². The lowest BCUT2D eigenvalue weighted by Gasteiger charge is -2.38. The molecule has 0 aliphatic carbocycles. The van der Waals surface area contributed by atoms with Crippen LogP contribution in [0.3, 0.4) is 0 Å². The number of benzene rings is 1. The molecule has 8 heteroatoms. The van der Waals surface area contributed by atoms with Crippen LogP contribution < -0.4 is 4.90 Å². The highest BCUT2D eigenvalue weighted by Crippen LogP contribution is 2.29. The Morgan fingerprint density at radius 2 is 2.00 bits per heavy atom. The first kappa shape index (κ1) is 20.0. The van der Waals surface area contributed by atoms with E-state index in [0.717, 1.165) is 18.5 Å². The van der Waals surface area contributed by atoms with E-state index in [1.807, 2.05) is 20.8 Å². The van der Waals surface area contributed by atoms with E-state index in [1.54, 1.807) is 18.0 Å². The number of amides is 1. The molecule has 144 valence electrons. The summed E-state index contributed by atoms with van der Waals surface area (Å²) in [7, 11) is 1.75. The number of nitrogens with zero attached hydrogens (tertiary/aromatic N) is 3. The molecule has 8 nitrogen and oxygen atoms in total. The molecule has 0 aromatic heterocycles. The lowest BCUT2D eigenvalue weighted by Crippen LogP contribution is -2.47. The minimum atomic E-state index is -0.527. The van der Waals surface area contributed by atoms with E-state index in [0.29, 0.717) is 18.7 Å². The van der Waals surface area contributed by atoms with Crippen molar-refractivity contribution in [1.82, 2.24) is 4.90 Å². The van der Waals surface area contributed by atoms with E-state index >= 15 is 0 Å². The SMILES string of the molecule is CN(C(=O)OC(C)(C)C)C1CCN(c2ccc([N+](=O)[O-])cc2CO)CC1. The summed E-state index contributed by atoms with van der Waals surface area (Å²) >= 11 is 0. The Balaban J connectivity index is 2.02. The van der Waals surface area contributed by atoms with Gasteiger partial charge in [-0.25, -0.2) is 4.79 Å². The number of non-ortho nitro benzene ring substituents is 1. The molecule has 0 atom stereocenters. The lowest BCUT2D eigenvalue weighted by molar-refractivity contribution is -0.384. The molecular weight excluding hydrogens is 338 g/mol. The van der Waals surface area contributed by atoms with Crippen LogP contribution in [0.25, 0.3) is 0 Å². The standard InChI is InChI=1S/C18H27N3O5/c1-18(2,3)26-17(23)19(4)14-7-9-20(10-8-14)16-6-5-15(21(24)25)11-13(16)12-22/h5-6,11,14,22H,7-10,12H2,1-4H3. The van der Waals surface area contributed by atoms with E-state index in [9.17, 15) is 20.0 Å². The van der Waals surface area contributed by atoms with Crippen molar-refractivity contribution in [2.24, 2.45) is 0 Å². The zero-order valence-electron chi connectivity index (χ0n) is 15.8. The minimum Gasteiger partial charge on any atom is -0.444 e. The highest BCUT2D eigenvalue weighted by molar-refractivity contribution is 5.68. The lowest BCUT2D eigenvalue weighted by atomic mass is 10.0. The molecule has 1 aromatic carbocycles. The predicted octanol–water partition coefficient (Wildman–Crippen LogP) is 2.92. The molecule has 1 heterocycles. The van der Waals surface area contributed by atoms with Gasteiger partial charge in [-0.3, -0.25) is 10.1 Å². The Bertz CT molecular complexity index is 663. The number of anilines is 1. The number of nitro benzene ring substituents is 1. The summed E-state index contributed by atoms with van der Waals surface area (Å²) in [6.07, 6.45) is 1.19. The number of carbonyl (C=O) groups excluding carboxylic acids is 1. The van der Waals surface area contributed by atoms with Gasteiger partial charge in [-0.2, -0.15) is 0 Å². The van der Waals surface area contributed by atoms with Gasteiger partial charge in [0.25, 0.3) is 5.69 Å². The van der Waals surface area contributed by atoms with Gasteiger partial charge in [0.2, 0.25) is 0 Å². The van der Waals surface area contributed by atoms with Crippen LogP contribution in [0, 0.1) is 10.1 Å². The predicted molar refractivity (Wildman–Crippen MR) is 98.3 cm³/mol. The summed E-state index contributed by atoms with van der Waals surface area (Å²) in [5.74, 6) is 0. The zero-order valence-corrected chi connectivity index (χ0v) is 15.8. The normalized spacial score (nSPS) is 15.7. The fourth-order valence-corrected chi connectivity index (χ4v) is 3.10. The first-order valence-electron chi connectivity index (χ1n) is 8.71. The zero-order chi connectivity index (χ0) is 19.5. The van der Waals surface area contributed by atoms with E-state index in [1.165, 1.54) is 12.1 Å². The topological polar surface area (TPSA) is 96.2 Å². The maximum Gasteiger partial charge on any atom is 0.410 e. The van der Waals surface area contributed by atoms with Gasteiger partial charge >= 0.3 is 6.09 Å².